The van der Waals surface area contributed by atoms with E-state index in [1.807, 2.05) is 18.2 Å². The Morgan fingerprint density at radius 1 is 1.26 bits per heavy atom. The van der Waals surface area contributed by atoms with Crippen molar-refractivity contribution in [1.29, 1.82) is 0 Å². The average molecular weight is 301 g/mol. The Kier molecular flexibility index (Phi) is 5.52. The summed E-state index contributed by atoms with van der Waals surface area (Å²) in [6, 6.07) is 6.08. The standard InChI is InChI=1S/C15H22Cl2N2/c1-10-5-7-11(8-6-10)14(19-18)9-12-3-2-4-13(16)15(12)17/h2-4,10-11,14,19H,5-9,18H2,1H3. The van der Waals surface area contributed by atoms with E-state index >= 15 is 0 Å². The maximum atomic E-state index is 6.26. The van der Waals surface area contributed by atoms with Crippen LogP contribution in [0.2, 0.25) is 10.0 Å². The first-order valence-electron chi connectivity index (χ1n) is 7.00. The van der Waals surface area contributed by atoms with Crippen molar-refractivity contribution < 1.29 is 0 Å². The van der Waals surface area contributed by atoms with Gasteiger partial charge in [0.1, 0.15) is 0 Å². The first-order valence-corrected chi connectivity index (χ1v) is 7.76. The Morgan fingerprint density at radius 3 is 2.58 bits per heavy atom. The summed E-state index contributed by atoms with van der Waals surface area (Å²) >= 11 is 12.3. The van der Waals surface area contributed by atoms with Crippen molar-refractivity contribution in [1.82, 2.24) is 5.43 Å². The summed E-state index contributed by atoms with van der Waals surface area (Å²) in [5.41, 5.74) is 4.06. The predicted octanol–water partition coefficient (Wildman–Crippen LogP) is 4.19. The van der Waals surface area contributed by atoms with Crippen LogP contribution >= 0.6 is 23.2 Å². The van der Waals surface area contributed by atoms with Crippen molar-refractivity contribution in [2.45, 2.75) is 45.1 Å². The van der Waals surface area contributed by atoms with E-state index in [1.165, 1.54) is 25.7 Å². The van der Waals surface area contributed by atoms with Crippen LogP contribution in [0.15, 0.2) is 18.2 Å². The molecule has 0 radical (unpaired) electrons. The van der Waals surface area contributed by atoms with Gasteiger partial charge >= 0.3 is 0 Å². The summed E-state index contributed by atoms with van der Waals surface area (Å²) in [7, 11) is 0. The molecule has 1 aliphatic rings. The van der Waals surface area contributed by atoms with E-state index in [0.717, 1.165) is 17.9 Å². The molecule has 3 N–H and O–H groups in total. The van der Waals surface area contributed by atoms with Gasteiger partial charge in [-0.1, -0.05) is 55.1 Å². The van der Waals surface area contributed by atoms with E-state index < -0.39 is 0 Å². The minimum absolute atomic E-state index is 0.281. The Labute approximate surface area is 125 Å². The number of benzene rings is 1. The molecule has 2 nitrogen and oxygen atoms in total. The summed E-state index contributed by atoms with van der Waals surface area (Å²) in [6.07, 6.45) is 5.93. The van der Waals surface area contributed by atoms with E-state index in [4.69, 9.17) is 29.0 Å². The molecule has 1 unspecified atom stereocenters. The molecule has 1 aromatic rings. The lowest BCUT2D eigenvalue weighted by Crippen LogP contribution is -2.43. The monoisotopic (exact) mass is 300 g/mol. The third-order valence-corrected chi connectivity index (χ3v) is 5.17. The molecule has 0 bridgehead atoms. The van der Waals surface area contributed by atoms with Crippen LogP contribution in [0.25, 0.3) is 0 Å². The highest BCUT2D eigenvalue weighted by atomic mass is 35.5. The number of hydrazine groups is 1. The molecule has 0 amide bonds. The lowest BCUT2D eigenvalue weighted by Gasteiger charge is -2.32. The molecule has 0 aliphatic heterocycles. The fourth-order valence-corrected chi connectivity index (χ4v) is 3.39. The van der Waals surface area contributed by atoms with Crippen LogP contribution in [0.5, 0.6) is 0 Å². The van der Waals surface area contributed by atoms with Crippen LogP contribution in [0.3, 0.4) is 0 Å². The van der Waals surface area contributed by atoms with Gasteiger partial charge < -0.3 is 0 Å². The first kappa shape index (κ1) is 15.1. The molecule has 1 saturated carbocycles. The van der Waals surface area contributed by atoms with Gasteiger partial charge in [-0.3, -0.25) is 11.3 Å². The predicted molar refractivity (Wildman–Crippen MR) is 82.4 cm³/mol. The largest absolute Gasteiger partial charge is 0.271 e. The normalized spacial score (nSPS) is 25.3. The van der Waals surface area contributed by atoms with Crippen molar-refractivity contribution in [3.8, 4) is 0 Å². The fourth-order valence-electron chi connectivity index (χ4n) is 2.99. The van der Waals surface area contributed by atoms with Gasteiger partial charge in [0.15, 0.2) is 0 Å². The molecule has 19 heavy (non-hydrogen) atoms. The Balaban J connectivity index is 2.04. The topological polar surface area (TPSA) is 38.0 Å². The van der Waals surface area contributed by atoms with Crippen LogP contribution in [0.4, 0.5) is 0 Å². The molecule has 4 heteroatoms. The second-order valence-electron chi connectivity index (χ2n) is 5.71. The first-order chi connectivity index (χ1) is 9.11. The van der Waals surface area contributed by atoms with Crippen molar-refractivity contribution in [2.75, 3.05) is 0 Å². The average Bonchev–Trinajstić information content (AvgIpc) is 2.42. The Hall–Kier alpha value is -0.280. The van der Waals surface area contributed by atoms with Gasteiger partial charge in [0, 0.05) is 6.04 Å². The SMILES string of the molecule is CC1CCC(C(Cc2cccc(Cl)c2Cl)NN)CC1. The molecule has 106 valence electrons. The second kappa shape index (κ2) is 6.94. The number of halogens is 2. The van der Waals surface area contributed by atoms with Gasteiger partial charge in [0.2, 0.25) is 0 Å². The smallest absolute Gasteiger partial charge is 0.0624 e. The van der Waals surface area contributed by atoms with Crippen molar-refractivity contribution in [2.24, 2.45) is 17.7 Å². The van der Waals surface area contributed by atoms with Crippen LogP contribution < -0.4 is 11.3 Å². The molecule has 0 aromatic heterocycles. The highest BCUT2D eigenvalue weighted by Crippen LogP contribution is 2.33. The fraction of sp³-hybridized carbons (Fsp3) is 0.600. The van der Waals surface area contributed by atoms with Crippen molar-refractivity contribution in [3.63, 3.8) is 0 Å². The molecular weight excluding hydrogens is 279 g/mol. The number of hydrogen-bond donors (Lipinski definition) is 2. The lowest BCUT2D eigenvalue weighted by molar-refractivity contribution is 0.229. The number of rotatable bonds is 4. The van der Waals surface area contributed by atoms with E-state index in [9.17, 15) is 0 Å². The van der Waals surface area contributed by atoms with Crippen LogP contribution in [-0.2, 0) is 6.42 Å². The third-order valence-electron chi connectivity index (χ3n) is 4.32. The maximum Gasteiger partial charge on any atom is 0.0624 e. The lowest BCUT2D eigenvalue weighted by atomic mass is 9.78. The number of nitrogens with one attached hydrogen (secondary N) is 1. The minimum atomic E-state index is 0.281. The third kappa shape index (κ3) is 3.85. The van der Waals surface area contributed by atoms with Gasteiger partial charge in [-0.15, -0.1) is 0 Å². The summed E-state index contributed by atoms with van der Waals surface area (Å²) < 4.78 is 0. The van der Waals surface area contributed by atoms with E-state index in [0.29, 0.717) is 16.0 Å². The molecule has 0 saturated heterocycles. The zero-order valence-corrected chi connectivity index (χ0v) is 12.8. The summed E-state index contributed by atoms with van der Waals surface area (Å²) in [4.78, 5) is 0. The molecule has 1 fully saturated rings. The summed E-state index contributed by atoms with van der Waals surface area (Å²) in [5.74, 6) is 7.23. The molecular formula is C15H22Cl2N2. The molecule has 2 rings (SSSR count). The van der Waals surface area contributed by atoms with Crippen LogP contribution in [-0.4, -0.2) is 6.04 Å². The minimum Gasteiger partial charge on any atom is -0.271 e. The van der Waals surface area contributed by atoms with E-state index in [2.05, 4.69) is 12.3 Å². The second-order valence-corrected chi connectivity index (χ2v) is 6.50. The molecule has 0 heterocycles. The number of hydrogen-bond acceptors (Lipinski definition) is 2. The van der Waals surface area contributed by atoms with Gasteiger partial charge in [-0.05, 0) is 42.7 Å². The van der Waals surface area contributed by atoms with Gasteiger partial charge in [0.25, 0.3) is 0 Å². The molecule has 1 aliphatic carbocycles. The van der Waals surface area contributed by atoms with Crippen LogP contribution in [0.1, 0.15) is 38.2 Å². The Morgan fingerprint density at radius 2 is 1.95 bits per heavy atom. The highest BCUT2D eigenvalue weighted by Gasteiger charge is 2.26. The summed E-state index contributed by atoms with van der Waals surface area (Å²) in [5, 5.41) is 1.28. The molecule has 0 spiro atoms. The van der Waals surface area contributed by atoms with Crippen LogP contribution in [0, 0.1) is 11.8 Å². The zero-order chi connectivity index (χ0) is 13.8. The zero-order valence-electron chi connectivity index (χ0n) is 11.3. The van der Waals surface area contributed by atoms with E-state index in [1.54, 1.807) is 0 Å². The Bertz CT molecular complexity index is 415. The van der Waals surface area contributed by atoms with E-state index in [-0.39, 0.29) is 6.04 Å². The highest BCUT2D eigenvalue weighted by molar-refractivity contribution is 6.42. The number of nitrogens with two attached hydrogens (primary N) is 1. The maximum absolute atomic E-state index is 6.26. The summed E-state index contributed by atoms with van der Waals surface area (Å²) in [6.45, 7) is 2.33. The van der Waals surface area contributed by atoms with Gasteiger partial charge in [-0.25, -0.2) is 0 Å². The van der Waals surface area contributed by atoms with Gasteiger partial charge in [0.05, 0.1) is 10.0 Å². The molecule has 1 aromatic carbocycles. The molecule has 1 atom stereocenters. The quantitative estimate of drug-likeness (QED) is 0.646. The van der Waals surface area contributed by atoms with Crippen molar-refractivity contribution >= 4 is 23.2 Å². The van der Waals surface area contributed by atoms with Crippen molar-refractivity contribution in [3.05, 3.63) is 33.8 Å². The van der Waals surface area contributed by atoms with Gasteiger partial charge in [-0.2, -0.15) is 0 Å².